The van der Waals surface area contributed by atoms with Crippen LogP contribution in [-0.4, -0.2) is 45.7 Å². The molecule has 1 unspecified atom stereocenters. The predicted molar refractivity (Wildman–Crippen MR) is 96.0 cm³/mol. The molecule has 2 N–H and O–H groups in total. The summed E-state index contributed by atoms with van der Waals surface area (Å²) in [4.78, 5) is 18.2. The minimum atomic E-state index is -0.407. The standard InChI is InChI=1S/C20H22N2O3/c23-15-20(17-5-2-1-3-6-17)9-4-10-22(14-20)19(25)8-7-16-11-18(24)13-21-12-16/h1-3,5-8,11-13,23-24H,4,9-10,14-15H2/b8-7+. The molecule has 1 amide bonds. The fraction of sp³-hybridized carbons (Fsp3) is 0.300. The van der Waals surface area contributed by atoms with Crippen LogP contribution in [0.25, 0.3) is 6.08 Å². The maximum atomic E-state index is 12.6. The van der Waals surface area contributed by atoms with Gasteiger partial charge in [0, 0.05) is 30.8 Å². The van der Waals surface area contributed by atoms with E-state index in [1.54, 1.807) is 23.2 Å². The minimum absolute atomic E-state index is 0.0149. The number of likely N-dealkylation sites (tertiary alicyclic amines) is 1. The van der Waals surface area contributed by atoms with Crippen LogP contribution < -0.4 is 0 Å². The van der Waals surface area contributed by atoms with Crippen molar-refractivity contribution in [3.05, 3.63) is 66.0 Å². The second kappa shape index (κ2) is 7.49. The average Bonchev–Trinajstić information content (AvgIpc) is 2.67. The predicted octanol–water partition coefficient (Wildman–Crippen LogP) is 2.35. The summed E-state index contributed by atoms with van der Waals surface area (Å²) in [6.45, 7) is 1.19. The van der Waals surface area contributed by atoms with Gasteiger partial charge in [-0.2, -0.15) is 0 Å². The summed E-state index contributed by atoms with van der Waals surface area (Å²) in [6.07, 6.45) is 7.78. The van der Waals surface area contributed by atoms with Crippen molar-refractivity contribution in [2.75, 3.05) is 19.7 Å². The minimum Gasteiger partial charge on any atom is -0.506 e. The molecule has 2 aromatic rings. The maximum absolute atomic E-state index is 12.6. The molecule has 0 saturated carbocycles. The zero-order chi connectivity index (χ0) is 17.7. The van der Waals surface area contributed by atoms with Gasteiger partial charge in [0.1, 0.15) is 5.75 Å². The highest BCUT2D eigenvalue weighted by Crippen LogP contribution is 2.33. The van der Waals surface area contributed by atoms with Gasteiger partial charge in [-0.1, -0.05) is 30.3 Å². The van der Waals surface area contributed by atoms with Crippen LogP contribution in [0, 0.1) is 0 Å². The summed E-state index contributed by atoms with van der Waals surface area (Å²) in [5, 5.41) is 19.5. The highest BCUT2D eigenvalue weighted by Gasteiger charge is 2.37. The van der Waals surface area contributed by atoms with Gasteiger partial charge in [0.2, 0.25) is 5.91 Å². The van der Waals surface area contributed by atoms with E-state index in [4.69, 9.17) is 0 Å². The molecule has 1 aliphatic rings. The highest BCUT2D eigenvalue weighted by atomic mass is 16.3. The van der Waals surface area contributed by atoms with E-state index >= 15 is 0 Å². The molecule has 1 aliphatic heterocycles. The molecule has 0 spiro atoms. The quantitative estimate of drug-likeness (QED) is 0.840. The zero-order valence-corrected chi connectivity index (χ0v) is 14.0. The molecule has 1 aromatic carbocycles. The molecule has 0 radical (unpaired) electrons. The van der Waals surface area contributed by atoms with E-state index in [-0.39, 0.29) is 18.3 Å². The van der Waals surface area contributed by atoms with Crippen LogP contribution in [0.15, 0.2) is 54.9 Å². The lowest BCUT2D eigenvalue weighted by atomic mass is 9.74. The number of aromatic nitrogens is 1. The first-order valence-electron chi connectivity index (χ1n) is 8.40. The third kappa shape index (κ3) is 3.88. The first-order valence-corrected chi connectivity index (χ1v) is 8.40. The van der Waals surface area contributed by atoms with Crippen LogP contribution in [0.2, 0.25) is 0 Å². The monoisotopic (exact) mass is 338 g/mol. The number of carbonyl (C=O) groups excluding carboxylic acids is 1. The third-order valence-corrected chi connectivity index (χ3v) is 4.74. The number of aliphatic hydroxyl groups excluding tert-OH is 1. The van der Waals surface area contributed by atoms with Crippen molar-refractivity contribution < 1.29 is 15.0 Å². The number of rotatable bonds is 4. The Morgan fingerprint density at radius 1 is 1.28 bits per heavy atom. The lowest BCUT2D eigenvalue weighted by molar-refractivity contribution is -0.128. The van der Waals surface area contributed by atoms with Gasteiger partial charge >= 0.3 is 0 Å². The Bertz CT molecular complexity index is 761. The van der Waals surface area contributed by atoms with Crippen LogP contribution in [0.3, 0.4) is 0 Å². The van der Waals surface area contributed by atoms with Gasteiger partial charge in [-0.3, -0.25) is 9.78 Å². The number of pyridine rings is 1. The Morgan fingerprint density at radius 3 is 2.80 bits per heavy atom. The number of aromatic hydroxyl groups is 1. The number of benzene rings is 1. The van der Waals surface area contributed by atoms with Crippen LogP contribution in [0.1, 0.15) is 24.0 Å². The van der Waals surface area contributed by atoms with E-state index in [9.17, 15) is 15.0 Å². The summed E-state index contributed by atoms with van der Waals surface area (Å²) >= 11 is 0. The van der Waals surface area contributed by atoms with Gasteiger partial charge in [-0.15, -0.1) is 0 Å². The van der Waals surface area contributed by atoms with Crippen LogP contribution in [0.4, 0.5) is 0 Å². The molecular formula is C20H22N2O3. The van der Waals surface area contributed by atoms with Crippen molar-refractivity contribution in [1.82, 2.24) is 9.88 Å². The number of amides is 1. The molecule has 25 heavy (non-hydrogen) atoms. The SMILES string of the molecule is O=C(/C=C/c1cncc(O)c1)N1CCCC(CO)(c2ccccc2)C1. The Morgan fingerprint density at radius 2 is 2.08 bits per heavy atom. The van der Waals surface area contributed by atoms with Gasteiger partial charge in [-0.05, 0) is 36.1 Å². The highest BCUT2D eigenvalue weighted by molar-refractivity contribution is 5.92. The fourth-order valence-corrected chi connectivity index (χ4v) is 3.38. The van der Waals surface area contributed by atoms with Gasteiger partial charge in [0.15, 0.2) is 0 Å². The molecule has 1 fully saturated rings. The molecule has 1 aromatic heterocycles. The molecule has 5 nitrogen and oxygen atoms in total. The molecule has 0 bridgehead atoms. The lowest BCUT2D eigenvalue weighted by Gasteiger charge is -2.42. The first kappa shape index (κ1) is 17.2. The van der Waals surface area contributed by atoms with Crippen LogP contribution in [0.5, 0.6) is 5.75 Å². The Hall–Kier alpha value is -2.66. The van der Waals surface area contributed by atoms with Crippen LogP contribution >= 0.6 is 0 Å². The van der Waals surface area contributed by atoms with Gasteiger partial charge < -0.3 is 15.1 Å². The topological polar surface area (TPSA) is 73.7 Å². The maximum Gasteiger partial charge on any atom is 0.246 e. The zero-order valence-electron chi connectivity index (χ0n) is 14.0. The molecule has 0 aliphatic carbocycles. The van der Waals surface area contributed by atoms with Gasteiger partial charge in [-0.25, -0.2) is 0 Å². The third-order valence-electron chi connectivity index (χ3n) is 4.74. The summed E-state index contributed by atoms with van der Waals surface area (Å²) < 4.78 is 0. The van der Waals surface area contributed by atoms with Gasteiger partial charge in [0.05, 0.1) is 12.8 Å². The average molecular weight is 338 g/mol. The fourth-order valence-electron chi connectivity index (χ4n) is 3.38. The molecular weight excluding hydrogens is 316 g/mol. The summed E-state index contributed by atoms with van der Waals surface area (Å²) in [7, 11) is 0. The molecule has 1 saturated heterocycles. The largest absolute Gasteiger partial charge is 0.506 e. The summed E-state index contributed by atoms with van der Waals surface area (Å²) in [5.41, 5.74) is 1.33. The molecule has 5 heteroatoms. The molecule has 3 rings (SSSR count). The van der Waals surface area contributed by atoms with E-state index in [1.165, 1.54) is 12.3 Å². The molecule has 2 heterocycles. The number of piperidine rings is 1. The Kier molecular flexibility index (Phi) is 5.14. The van der Waals surface area contributed by atoms with E-state index in [2.05, 4.69) is 4.98 Å². The van der Waals surface area contributed by atoms with Crippen molar-refractivity contribution in [1.29, 1.82) is 0 Å². The number of carbonyl (C=O) groups is 1. The second-order valence-electron chi connectivity index (χ2n) is 6.48. The van der Waals surface area contributed by atoms with E-state index in [1.807, 2.05) is 30.3 Å². The van der Waals surface area contributed by atoms with E-state index in [0.717, 1.165) is 18.4 Å². The van der Waals surface area contributed by atoms with Crippen molar-refractivity contribution in [2.45, 2.75) is 18.3 Å². The molecule has 1 atom stereocenters. The summed E-state index contributed by atoms with van der Waals surface area (Å²) in [6, 6.07) is 11.4. The number of nitrogens with zero attached hydrogens (tertiary/aromatic N) is 2. The van der Waals surface area contributed by atoms with Crippen LogP contribution in [-0.2, 0) is 10.2 Å². The lowest BCUT2D eigenvalue weighted by Crippen LogP contribution is -2.50. The first-order chi connectivity index (χ1) is 12.1. The van der Waals surface area contributed by atoms with Gasteiger partial charge in [0.25, 0.3) is 0 Å². The second-order valence-corrected chi connectivity index (χ2v) is 6.48. The Labute approximate surface area is 147 Å². The van der Waals surface area contributed by atoms with Crippen molar-refractivity contribution >= 4 is 12.0 Å². The smallest absolute Gasteiger partial charge is 0.246 e. The van der Waals surface area contributed by atoms with E-state index in [0.29, 0.717) is 18.7 Å². The van der Waals surface area contributed by atoms with Crippen molar-refractivity contribution in [3.63, 3.8) is 0 Å². The van der Waals surface area contributed by atoms with E-state index < -0.39 is 5.41 Å². The van der Waals surface area contributed by atoms with Crippen molar-refractivity contribution in [3.8, 4) is 5.75 Å². The number of hydrogen-bond acceptors (Lipinski definition) is 4. The Balaban J connectivity index is 1.75. The number of hydrogen-bond donors (Lipinski definition) is 2. The summed E-state index contributed by atoms with van der Waals surface area (Å²) in [5.74, 6) is -0.0345. The van der Waals surface area contributed by atoms with Crippen molar-refractivity contribution in [2.24, 2.45) is 0 Å². The molecule has 130 valence electrons. The normalized spacial score (nSPS) is 20.8. The number of aliphatic hydroxyl groups is 1.